The Kier molecular flexibility index (Phi) is 5.86. The molecule has 1 amide bonds. The van der Waals surface area contributed by atoms with Gasteiger partial charge < -0.3 is 0 Å². The molecule has 1 aliphatic heterocycles. The van der Waals surface area contributed by atoms with Gasteiger partial charge in [0.1, 0.15) is 0 Å². The molecule has 1 aromatic rings. The van der Waals surface area contributed by atoms with Gasteiger partial charge in [0, 0.05) is 17.8 Å². The second kappa shape index (κ2) is 7.87. The number of nitro benzene ring substituents is 1. The lowest BCUT2D eigenvalue weighted by atomic mass is 10.2. The third-order valence-electron chi connectivity index (χ3n) is 3.26. The van der Waals surface area contributed by atoms with E-state index in [0.717, 1.165) is 24.1 Å². The topological polar surface area (TPSA) is 88.2 Å². The lowest BCUT2D eigenvalue weighted by Crippen LogP contribution is -2.28. The van der Waals surface area contributed by atoms with E-state index >= 15 is 0 Å². The van der Waals surface area contributed by atoms with Crippen LogP contribution in [0.15, 0.2) is 34.5 Å². The molecular formula is C15H18N4O3S. The van der Waals surface area contributed by atoms with Crippen molar-refractivity contribution < 1.29 is 9.72 Å². The molecule has 23 heavy (non-hydrogen) atoms. The minimum atomic E-state index is -0.446. The fraction of sp³-hybridized carbons (Fsp3) is 0.400. The zero-order chi connectivity index (χ0) is 16.8. The SMILES string of the molecule is CCC/C(C)=N/N=C1\SCC(=O)N1Cc1ccc([N+](=O)[O-])cc1. The Bertz CT molecular complexity index is 655. The second-order valence-corrected chi connectivity index (χ2v) is 6.10. The van der Waals surface area contributed by atoms with Crippen LogP contribution in [0.5, 0.6) is 0 Å². The van der Waals surface area contributed by atoms with Crippen molar-refractivity contribution >= 4 is 34.2 Å². The van der Waals surface area contributed by atoms with E-state index in [1.807, 2.05) is 6.92 Å². The Labute approximate surface area is 138 Å². The Hall–Kier alpha value is -2.22. The number of nitro groups is 1. The van der Waals surface area contributed by atoms with Crippen molar-refractivity contribution in [2.45, 2.75) is 33.2 Å². The third-order valence-corrected chi connectivity index (χ3v) is 4.21. The first-order valence-corrected chi connectivity index (χ1v) is 8.27. The maximum atomic E-state index is 12.0. The smallest absolute Gasteiger partial charge is 0.269 e. The van der Waals surface area contributed by atoms with E-state index in [0.29, 0.717) is 17.5 Å². The van der Waals surface area contributed by atoms with Gasteiger partial charge in [-0.1, -0.05) is 37.2 Å². The van der Waals surface area contributed by atoms with Crippen LogP contribution in [0.3, 0.4) is 0 Å². The summed E-state index contributed by atoms with van der Waals surface area (Å²) < 4.78 is 0. The lowest BCUT2D eigenvalue weighted by Gasteiger charge is -2.15. The lowest BCUT2D eigenvalue weighted by molar-refractivity contribution is -0.384. The van der Waals surface area contributed by atoms with Crippen LogP contribution in [0, 0.1) is 10.1 Å². The first-order valence-electron chi connectivity index (χ1n) is 7.29. The highest BCUT2D eigenvalue weighted by atomic mass is 32.2. The fourth-order valence-corrected chi connectivity index (χ4v) is 2.90. The molecule has 8 heteroatoms. The molecule has 0 bridgehead atoms. The number of amidine groups is 1. The van der Waals surface area contributed by atoms with Gasteiger partial charge in [-0.2, -0.15) is 5.10 Å². The molecule has 1 aromatic carbocycles. The Morgan fingerprint density at radius 1 is 1.39 bits per heavy atom. The number of amides is 1. The summed E-state index contributed by atoms with van der Waals surface area (Å²) in [7, 11) is 0. The summed E-state index contributed by atoms with van der Waals surface area (Å²) in [6, 6.07) is 6.17. The van der Waals surface area contributed by atoms with Crippen molar-refractivity contribution in [3.8, 4) is 0 Å². The summed E-state index contributed by atoms with van der Waals surface area (Å²) in [5.74, 6) is 0.309. The number of benzene rings is 1. The average Bonchev–Trinajstić information content (AvgIpc) is 2.87. The number of hydrogen-bond acceptors (Lipinski definition) is 6. The summed E-state index contributed by atoms with van der Waals surface area (Å²) in [6.07, 6.45) is 1.87. The molecule has 1 fully saturated rings. The second-order valence-electron chi connectivity index (χ2n) is 5.16. The molecule has 0 saturated carbocycles. The first kappa shape index (κ1) is 17.1. The normalized spacial score (nSPS) is 17.1. The molecule has 0 aromatic heterocycles. The summed E-state index contributed by atoms with van der Waals surface area (Å²) in [4.78, 5) is 23.8. The minimum absolute atomic E-state index is 0.0320. The van der Waals surface area contributed by atoms with Crippen molar-refractivity contribution in [1.82, 2.24) is 4.90 Å². The highest BCUT2D eigenvalue weighted by Crippen LogP contribution is 2.23. The van der Waals surface area contributed by atoms with E-state index in [1.54, 1.807) is 17.0 Å². The molecule has 0 atom stereocenters. The quantitative estimate of drug-likeness (QED) is 0.454. The van der Waals surface area contributed by atoms with Crippen molar-refractivity contribution in [2.24, 2.45) is 10.2 Å². The summed E-state index contributed by atoms with van der Waals surface area (Å²) in [5, 5.41) is 19.6. The van der Waals surface area contributed by atoms with Gasteiger partial charge in [-0.25, -0.2) is 0 Å². The monoisotopic (exact) mass is 334 g/mol. The Balaban J connectivity index is 2.12. The van der Waals surface area contributed by atoms with Gasteiger partial charge in [0.25, 0.3) is 5.69 Å². The molecule has 0 unspecified atom stereocenters. The molecule has 0 N–H and O–H groups in total. The number of hydrogen-bond donors (Lipinski definition) is 0. The maximum absolute atomic E-state index is 12.0. The molecule has 122 valence electrons. The fourth-order valence-electron chi connectivity index (χ4n) is 2.07. The predicted molar refractivity (Wildman–Crippen MR) is 91.6 cm³/mol. The van der Waals surface area contributed by atoms with Gasteiger partial charge >= 0.3 is 0 Å². The predicted octanol–water partition coefficient (Wildman–Crippen LogP) is 3.20. The van der Waals surface area contributed by atoms with Crippen LogP contribution in [-0.2, 0) is 11.3 Å². The number of non-ortho nitro benzene ring substituents is 1. The maximum Gasteiger partial charge on any atom is 0.269 e. The van der Waals surface area contributed by atoms with Crippen LogP contribution >= 0.6 is 11.8 Å². The van der Waals surface area contributed by atoms with Crippen LogP contribution in [0.4, 0.5) is 5.69 Å². The zero-order valence-electron chi connectivity index (χ0n) is 13.1. The van der Waals surface area contributed by atoms with E-state index < -0.39 is 4.92 Å². The highest BCUT2D eigenvalue weighted by molar-refractivity contribution is 8.15. The molecule has 1 saturated heterocycles. The average molecular weight is 334 g/mol. The largest absolute Gasteiger partial charge is 0.285 e. The first-order chi connectivity index (χ1) is 11.0. The molecular weight excluding hydrogens is 316 g/mol. The van der Waals surface area contributed by atoms with Gasteiger partial charge in [-0.3, -0.25) is 19.8 Å². The zero-order valence-corrected chi connectivity index (χ0v) is 13.9. The van der Waals surface area contributed by atoms with Gasteiger partial charge in [-0.15, -0.1) is 5.10 Å². The van der Waals surface area contributed by atoms with E-state index in [4.69, 9.17) is 0 Å². The summed E-state index contributed by atoms with van der Waals surface area (Å²) in [5.41, 5.74) is 1.77. The number of carbonyl (C=O) groups excluding carboxylic acids is 1. The molecule has 0 spiro atoms. The van der Waals surface area contributed by atoms with Gasteiger partial charge in [0.05, 0.1) is 17.2 Å². The van der Waals surface area contributed by atoms with Gasteiger partial charge in [-0.05, 0) is 18.9 Å². The Morgan fingerprint density at radius 2 is 2.09 bits per heavy atom. The third kappa shape index (κ3) is 4.62. The minimum Gasteiger partial charge on any atom is -0.285 e. The van der Waals surface area contributed by atoms with E-state index in [1.165, 1.54) is 23.9 Å². The van der Waals surface area contributed by atoms with Crippen LogP contribution in [0.25, 0.3) is 0 Å². The molecule has 1 aliphatic rings. The van der Waals surface area contributed by atoms with E-state index in [2.05, 4.69) is 17.1 Å². The van der Waals surface area contributed by atoms with Crippen LogP contribution in [0.1, 0.15) is 32.3 Å². The summed E-state index contributed by atoms with van der Waals surface area (Å²) >= 11 is 1.36. The van der Waals surface area contributed by atoms with Crippen LogP contribution < -0.4 is 0 Å². The number of thioether (sulfide) groups is 1. The summed E-state index contributed by atoms with van der Waals surface area (Å²) in [6.45, 7) is 4.32. The van der Waals surface area contributed by atoms with Gasteiger partial charge in [0.15, 0.2) is 5.17 Å². The number of rotatable bonds is 6. The van der Waals surface area contributed by atoms with Crippen molar-refractivity contribution in [3.63, 3.8) is 0 Å². The highest BCUT2D eigenvalue weighted by Gasteiger charge is 2.28. The number of nitrogens with zero attached hydrogens (tertiary/aromatic N) is 4. The molecule has 0 aliphatic carbocycles. The van der Waals surface area contributed by atoms with Crippen LogP contribution in [0.2, 0.25) is 0 Å². The van der Waals surface area contributed by atoms with Crippen molar-refractivity contribution in [1.29, 1.82) is 0 Å². The Morgan fingerprint density at radius 3 is 2.70 bits per heavy atom. The van der Waals surface area contributed by atoms with Crippen molar-refractivity contribution in [3.05, 3.63) is 39.9 Å². The van der Waals surface area contributed by atoms with Crippen LogP contribution in [-0.4, -0.2) is 32.4 Å². The molecule has 0 radical (unpaired) electrons. The molecule has 7 nitrogen and oxygen atoms in total. The number of carbonyl (C=O) groups is 1. The molecule has 2 rings (SSSR count). The van der Waals surface area contributed by atoms with E-state index in [-0.39, 0.29) is 11.6 Å². The van der Waals surface area contributed by atoms with Crippen molar-refractivity contribution in [2.75, 3.05) is 5.75 Å². The molecule has 1 heterocycles. The van der Waals surface area contributed by atoms with Gasteiger partial charge in [0.2, 0.25) is 5.91 Å². The van der Waals surface area contributed by atoms with E-state index in [9.17, 15) is 14.9 Å². The standard InChI is InChI=1S/C15H18N4O3S/c1-3-4-11(2)16-17-15-18(14(20)10-23-15)9-12-5-7-13(8-6-12)19(21)22/h5-8H,3-4,9-10H2,1-2H3/b16-11+,17-15-.